The van der Waals surface area contributed by atoms with Crippen molar-refractivity contribution in [2.45, 2.75) is 83.8 Å². The molecule has 0 heterocycles. The molecule has 0 fully saturated rings. The average Bonchev–Trinajstić information content (AvgIpc) is 2.97. The van der Waals surface area contributed by atoms with Crippen molar-refractivity contribution in [3.05, 3.63) is 24.3 Å². The third-order valence-corrected chi connectivity index (χ3v) is 9.98. The third-order valence-electron chi connectivity index (χ3n) is 5.44. The normalized spacial score (nSPS) is 17.6. The first kappa shape index (κ1) is 21.9. The Balaban J connectivity index is 2.14. The van der Waals surface area contributed by atoms with Gasteiger partial charge in [-0.1, -0.05) is 51.0 Å². The maximum Gasteiger partial charge on any atom is 0.205 e. The molecule has 2 nitrogen and oxygen atoms in total. The van der Waals surface area contributed by atoms with Crippen molar-refractivity contribution >= 4 is 14.1 Å². The van der Waals surface area contributed by atoms with Crippen molar-refractivity contribution in [2.75, 3.05) is 6.61 Å². The SMILES string of the molecule is C=CC1=C[C@@H](CCCC(=O)C#CCCCO[Si](C)(C)C(C)(C)C)CC1. The van der Waals surface area contributed by atoms with Crippen LogP contribution in [0.1, 0.15) is 65.7 Å². The van der Waals surface area contributed by atoms with Gasteiger partial charge in [0.1, 0.15) is 0 Å². The summed E-state index contributed by atoms with van der Waals surface area (Å²) in [4.78, 5) is 11.8. The molecular formula is C22H36O2Si. The summed E-state index contributed by atoms with van der Waals surface area (Å²) in [5.74, 6) is 6.51. The van der Waals surface area contributed by atoms with E-state index in [-0.39, 0.29) is 10.8 Å². The Morgan fingerprint density at radius 2 is 2.12 bits per heavy atom. The van der Waals surface area contributed by atoms with E-state index < -0.39 is 8.32 Å². The van der Waals surface area contributed by atoms with Crippen LogP contribution >= 0.6 is 0 Å². The maximum atomic E-state index is 11.8. The summed E-state index contributed by atoms with van der Waals surface area (Å²) >= 11 is 0. The highest BCUT2D eigenvalue weighted by atomic mass is 28.4. The number of hydrogen-bond donors (Lipinski definition) is 0. The molecule has 0 N–H and O–H groups in total. The monoisotopic (exact) mass is 360 g/mol. The zero-order chi connectivity index (χ0) is 18.9. The Labute approximate surface area is 156 Å². The standard InChI is InChI=1S/C22H36O2Si/c1-7-19-15-16-20(18-19)12-11-14-21(23)13-9-8-10-17-24-25(5,6)22(2,3)4/h7,18,20H,1,8,10-12,14-17H2,2-6H3/t20-/m0/s1. The molecule has 0 aromatic carbocycles. The van der Waals surface area contributed by atoms with Gasteiger partial charge in [0, 0.05) is 19.4 Å². The lowest BCUT2D eigenvalue weighted by molar-refractivity contribution is -0.113. The Morgan fingerprint density at radius 1 is 1.40 bits per heavy atom. The van der Waals surface area contributed by atoms with Crippen LogP contribution in [0.25, 0.3) is 0 Å². The Kier molecular flexibility index (Phi) is 8.89. The minimum Gasteiger partial charge on any atom is -0.417 e. The van der Waals surface area contributed by atoms with Crippen LogP contribution in [-0.2, 0) is 9.22 Å². The van der Waals surface area contributed by atoms with E-state index in [9.17, 15) is 4.79 Å². The second-order valence-electron chi connectivity index (χ2n) is 8.57. The van der Waals surface area contributed by atoms with Crippen LogP contribution in [0.15, 0.2) is 24.3 Å². The summed E-state index contributed by atoms with van der Waals surface area (Å²) in [6.07, 6.45) is 10.9. The fourth-order valence-electron chi connectivity index (χ4n) is 2.67. The molecule has 0 amide bonds. The lowest BCUT2D eigenvalue weighted by atomic mass is 10.0. The lowest BCUT2D eigenvalue weighted by Gasteiger charge is -2.36. The Bertz CT molecular complexity index is 541. The van der Waals surface area contributed by atoms with Crippen molar-refractivity contribution in [3.63, 3.8) is 0 Å². The van der Waals surface area contributed by atoms with Crippen molar-refractivity contribution in [1.29, 1.82) is 0 Å². The van der Waals surface area contributed by atoms with Gasteiger partial charge < -0.3 is 4.43 Å². The zero-order valence-corrected chi connectivity index (χ0v) is 17.9. The minimum absolute atomic E-state index is 0.0798. The first-order valence-electron chi connectivity index (χ1n) is 9.64. The van der Waals surface area contributed by atoms with Crippen molar-refractivity contribution in [1.82, 2.24) is 0 Å². The van der Waals surface area contributed by atoms with Crippen LogP contribution in [0.3, 0.4) is 0 Å². The van der Waals surface area contributed by atoms with Gasteiger partial charge in [-0.25, -0.2) is 0 Å². The third kappa shape index (κ3) is 8.20. The molecule has 140 valence electrons. The molecule has 1 aliphatic carbocycles. The molecule has 0 unspecified atom stereocenters. The molecule has 3 heteroatoms. The van der Waals surface area contributed by atoms with E-state index in [2.05, 4.69) is 58.4 Å². The molecule has 1 atom stereocenters. The number of Topliss-reactive ketones (excluding diaryl/α,β-unsaturated/α-hetero) is 1. The van der Waals surface area contributed by atoms with Crippen LogP contribution in [0, 0.1) is 17.8 Å². The highest BCUT2D eigenvalue weighted by Crippen LogP contribution is 2.36. The molecule has 0 bridgehead atoms. The van der Waals surface area contributed by atoms with E-state index in [1.165, 1.54) is 12.0 Å². The second-order valence-corrected chi connectivity index (χ2v) is 13.4. The van der Waals surface area contributed by atoms with Gasteiger partial charge >= 0.3 is 0 Å². The molecule has 1 rings (SSSR count). The first-order chi connectivity index (χ1) is 11.7. The predicted molar refractivity (Wildman–Crippen MR) is 110 cm³/mol. The number of ketones is 1. The van der Waals surface area contributed by atoms with Crippen molar-refractivity contribution in [2.24, 2.45) is 5.92 Å². The van der Waals surface area contributed by atoms with Gasteiger partial charge in [-0.2, -0.15) is 0 Å². The topological polar surface area (TPSA) is 26.3 Å². The van der Waals surface area contributed by atoms with E-state index in [0.717, 1.165) is 38.7 Å². The fraction of sp³-hybridized carbons (Fsp3) is 0.682. The molecule has 25 heavy (non-hydrogen) atoms. The summed E-state index contributed by atoms with van der Waals surface area (Å²) in [5.41, 5.74) is 1.36. The number of allylic oxidation sites excluding steroid dienone is 3. The molecule has 0 aromatic heterocycles. The summed E-state index contributed by atoms with van der Waals surface area (Å²) in [6.45, 7) is 15.8. The van der Waals surface area contributed by atoms with Gasteiger partial charge in [-0.3, -0.25) is 4.79 Å². The molecule has 0 aliphatic heterocycles. The molecule has 0 spiro atoms. The summed E-state index contributed by atoms with van der Waals surface area (Å²) in [7, 11) is -1.65. The second kappa shape index (κ2) is 10.1. The summed E-state index contributed by atoms with van der Waals surface area (Å²) in [5, 5.41) is 0.246. The highest BCUT2D eigenvalue weighted by Gasteiger charge is 2.36. The largest absolute Gasteiger partial charge is 0.417 e. The number of carbonyl (C=O) groups excluding carboxylic acids is 1. The first-order valence-corrected chi connectivity index (χ1v) is 12.6. The van der Waals surface area contributed by atoms with Gasteiger partial charge in [-0.05, 0) is 62.1 Å². The van der Waals surface area contributed by atoms with Crippen LogP contribution in [0.2, 0.25) is 18.1 Å². The molecule has 0 radical (unpaired) electrons. The van der Waals surface area contributed by atoms with Crippen LogP contribution < -0.4 is 0 Å². The molecule has 0 saturated heterocycles. The molecule has 1 aliphatic rings. The van der Waals surface area contributed by atoms with E-state index in [1.807, 2.05) is 6.08 Å². The molecule has 0 aromatic rings. The Morgan fingerprint density at radius 3 is 2.72 bits per heavy atom. The van der Waals surface area contributed by atoms with Crippen molar-refractivity contribution < 1.29 is 9.22 Å². The fourth-order valence-corrected chi connectivity index (χ4v) is 3.76. The number of unbranched alkanes of at least 4 members (excludes halogenated alkanes) is 1. The number of hydrogen-bond acceptors (Lipinski definition) is 2. The Hall–Kier alpha value is -1.11. The van der Waals surface area contributed by atoms with Gasteiger partial charge in [0.2, 0.25) is 5.78 Å². The van der Waals surface area contributed by atoms with Gasteiger partial charge in [0.15, 0.2) is 8.32 Å². The van der Waals surface area contributed by atoms with Crippen LogP contribution in [-0.4, -0.2) is 20.7 Å². The smallest absolute Gasteiger partial charge is 0.205 e. The quantitative estimate of drug-likeness (QED) is 0.216. The molecular weight excluding hydrogens is 324 g/mol. The lowest BCUT2D eigenvalue weighted by Crippen LogP contribution is -2.40. The number of rotatable bonds is 9. The zero-order valence-electron chi connectivity index (χ0n) is 16.9. The van der Waals surface area contributed by atoms with Crippen molar-refractivity contribution in [3.8, 4) is 11.8 Å². The van der Waals surface area contributed by atoms with Gasteiger partial charge in [0.05, 0.1) is 0 Å². The summed E-state index contributed by atoms with van der Waals surface area (Å²) < 4.78 is 6.11. The van der Waals surface area contributed by atoms with Crippen LogP contribution in [0.4, 0.5) is 0 Å². The van der Waals surface area contributed by atoms with E-state index in [4.69, 9.17) is 4.43 Å². The van der Waals surface area contributed by atoms with E-state index >= 15 is 0 Å². The molecule has 0 saturated carbocycles. The van der Waals surface area contributed by atoms with E-state index in [1.54, 1.807) is 0 Å². The average molecular weight is 361 g/mol. The van der Waals surface area contributed by atoms with Crippen LogP contribution in [0.5, 0.6) is 0 Å². The summed E-state index contributed by atoms with van der Waals surface area (Å²) in [6, 6.07) is 0. The van der Waals surface area contributed by atoms with Gasteiger partial charge in [-0.15, -0.1) is 0 Å². The van der Waals surface area contributed by atoms with E-state index in [0.29, 0.717) is 12.3 Å². The minimum atomic E-state index is -1.65. The van der Waals surface area contributed by atoms with Gasteiger partial charge in [0.25, 0.3) is 0 Å². The number of carbonyl (C=O) groups is 1. The highest BCUT2D eigenvalue weighted by molar-refractivity contribution is 6.74. The maximum absolute atomic E-state index is 11.8. The predicted octanol–water partition coefficient (Wildman–Crippen LogP) is 6.05.